The Morgan fingerprint density at radius 2 is 1.50 bits per heavy atom. The molecule has 0 radical (unpaired) electrons. The molecule has 1 heterocycles. The summed E-state index contributed by atoms with van der Waals surface area (Å²) in [5, 5.41) is 8.40. The normalized spacial score (nSPS) is 13.8. The Hall–Kier alpha value is -3.35. The van der Waals surface area contributed by atoms with E-state index < -0.39 is 0 Å². The summed E-state index contributed by atoms with van der Waals surface area (Å²) in [5.41, 5.74) is 2.36. The largest absolute Gasteiger partial charge is 0.376 e. The van der Waals surface area contributed by atoms with Crippen LogP contribution in [0.2, 0.25) is 0 Å². The zero-order valence-corrected chi connectivity index (χ0v) is 17.2. The summed E-state index contributed by atoms with van der Waals surface area (Å²) in [6.07, 6.45) is 4.40. The third-order valence-electron chi connectivity index (χ3n) is 5.09. The number of benzene rings is 2. The molecule has 7 heteroatoms. The second-order valence-electron chi connectivity index (χ2n) is 7.35. The molecule has 1 aliphatic heterocycles. The van der Waals surface area contributed by atoms with Gasteiger partial charge in [-0.1, -0.05) is 25.0 Å². The van der Waals surface area contributed by atoms with Crippen molar-refractivity contribution in [3.63, 3.8) is 0 Å². The first-order valence-corrected chi connectivity index (χ1v) is 10.3. The smallest absolute Gasteiger partial charge is 0.253 e. The van der Waals surface area contributed by atoms with Gasteiger partial charge in [0.25, 0.3) is 11.8 Å². The number of amides is 3. The highest BCUT2D eigenvalue weighted by molar-refractivity contribution is 5.98. The van der Waals surface area contributed by atoms with Crippen LogP contribution in [0.4, 0.5) is 11.4 Å². The van der Waals surface area contributed by atoms with Gasteiger partial charge in [0, 0.05) is 42.6 Å². The van der Waals surface area contributed by atoms with E-state index in [-0.39, 0.29) is 24.3 Å². The lowest BCUT2D eigenvalue weighted by atomic mass is 10.1. The molecule has 0 unspecified atom stereocenters. The Bertz CT molecular complexity index is 905. The minimum Gasteiger partial charge on any atom is -0.376 e. The van der Waals surface area contributed by atoms with Gasteiger partial charge in [0.1, 0.15) is 0 Å². The molecule has 1 saturated heterocycles. The van der Waals surface area contributed by atoms with Gasteiger partial charge in [-0.2, -0.15) is 0 Å². The molecule has 0 spiro atoms. The number of likely N-dealkylation sites (tertiary alicyclic amines) is 1. The Labute approximate surface area is 176 Å². The fourth-order valence-electron chi connectivity index (χ4n) is 3.49. The minimum absolute atomic E-state index is 0.0112. The maximum Gasteiger partial charge on any atom is 0.253 e. The van der Waals surface area contributed by atoms with Crippen molar-refractivity contribution in [1.82, 2.24) is 10.2 Å². The highest BCUT2D eigenvalue weighted by atomic mass is 16.2. The van der Waals surface area contributed by atoms with Gasteiger partial charge >= 0.3 is 0 Å². The van der Waals surface area contributed by atoms with E-state index in [1.807, 2.05) is 4.90 Å². The summed E-state index contributed by atoms with van der Waals surface area (Å²) in [6.45, 7) is 1.62. The molecule has 2 aromatic carbocycles. The number of hydrogen-bond donors (Lipinski definition) is 3. The first kappa shape index (κ1) is 21.4. The molecular weight excluding hydrogens is 380 g/mol. The topological polar surface area (TPSA) is 90.5 Å². The number of anilines is 2. The molecule has 0 saturated carbocycles. The summed E-state index contributed by atoms with van der Waals surface area (Å²) in [4.78, 5) is 38.7. The molecule has 0 aromatic heterocycles. The van der Waals surface area contributed by atoms with Crippen molar-refractivity contribution in [2.75, 3.05) is 37.3 Å². The molecule has 3 amide bonds. The van der Waals surface area contributed by atoms with Crippen LogP contribution in [0.15, 0.2) is 48.5 Å². The van der Waals surface area contributed by atoms with Crippen LogP contribution in [0.5, 0.6) is 0 Å². The summed E-state index contributed by atoms with van der Waals surface area (Å²) in [6, 6.07) is 14.0. The molecule has 0 atom stereocenters. The van der Waals surface area contributed by atoms with Crippen molar-refractivity contribution < 1.29 is 14.4 Å². The van der Waals surface area contributed by atoms with E-state index in [4.69, 9.17) is 0 Å². The standard InChI is InChI=1S/C23H28N4O3/c1-24-22(29)17-8-6-10-19(14-17)25-16-21(28)26-20-11-7-9-18(15-20)23(30)27-12-4-2-3-5-13-27/h6-11,14-15,25H,2-5,12-13,16H2,1H3,(H,24,29)(H,26,28). The second kappa shape index (κ2) is 10.4. The van der Waals surface area contributed by atoms with Crippen LogP contribution >= 0.6 is 0 Å². The Kier molecular flexibility index (Phi) is 7.43. The zero-order valence-electron chi connectivity index (χ0n) is 17.2. The summed E-state index contributed by atoms with van der Waals surface area (Å²) >= 11 is 0. The third kappa shape index (κ3) is 5.83. The van der Waals surface area contributed by atoms with Crippen molar-refractivity contribution in [3.05, 3.63) is 59.7 Å². The van der Waals surface area contributed by atoms with Crippen LogP contribution in [0.3, 0.4) is 0 Å². The molecular formula is C23H28N4O3. The maximum absolute atomic E-state index is 12.8. The number of rotatable bonds is 6. The van der Waals surface area contributed by atoms with Crippen LogP contribution in [0.25, 0.3) is 0 Å². The molecule has 158 valence electrons. The number of nitrogens with zero attached hydrogens (tertiary/aromatic N) is 1. The Balaban J connectivity index is 1.57. The second-order valence-corrected chi connectivity index (χ2v) is 7.35. The number of nitrogens with one attached hydrogen (secondary N) is 3. The van der Waals surface area contributed by atoms with Crippen molar-refractivity contribution in [3.8, 4) is 0 Å². The minimum atomic E-state index is -0.236. The van der Waals surface area contributed by atoms with Crippen LogP contribution in [0.1, 0.15) is 46.4 Å². The third-order valence-corrected chi connectivity index (χ3v) is 5.09. The summed E-state index contributed by atoms with van der Waals surface area (Å²) < 4.78 is 0. The van der Waals surface area contributed by atoms with E-state index in [0.29, 0.717) is 22.5 Å². The molecule has 0 aliphatic carbocycles. The molecule has 3 rings (SSSR count). The van der Waals surface area contributed by atoms with Gasteiger partial charge in [0.2, 0.25) is 5.91 Å². The number of hydrogen-bond acceptors (Lipinski definition) is 4. The first-order chi connectivity index (χ1) is 14.6. The highest BCUT2D eigenvalue weighted by Crippen LogP contribution is 2.17. The molecule has 1 fully saturated rings. The molecule has 30 heavy (non-hydrogen) atoms. The van der Waals surface area contributed by atoms with Crippen molar-refractivity contribution >= 4 is 29.1 Å². The van der Waals surface area contributed by atoms with Gasteiger partial charge < -0.3 is 20.9 Å². The molecule has 3 N–H and O–H groups in total. The SMILES string of the molecule is CNC(=O)c1cccc(NCC(=O)Nc2cccc(C(=O)N3CCCCCC3)c2)c1. The van der Waals surface area contributed by atoms with E-state index in [0.717, 1.165) is 25.9 Å². The van der Waals surface area contributed by atoms with Crippen molar-refractivity contribution in [2.24, 2.45) is 0 Å². The fourth-order valence-corrected chi connectivity index (χ4v) is 3.49. The Morgan fingerprint density at radius 1 is 0.867 bits per heavy atom. The predicted octanol–water partition coefficient (Wildman–Crippen LogP) is 3.11. The van der Waals surface area contributed by atoms with E-state index in [1.165, 1.54) is 12.8 Å². The molecule has 2 aromatic rings. The van der Waals surface area contributed by atoms with E-state index in [1.54, 1.807) is 55.6 Å². The van der Waals surface area contributed by atoms with E-state index in [2.05, 4.69) is 16.0 Å². The number of carbonyl (C=O) groups is 3. The van der Waals surface area contributed by atoms with Crippen molar-refractivity contribution in [1.29, 1.82) is 0 Å². The lowest BCUT2D eigenvalue weighted by Gasteiger charge is -2.20. The van der Waals surface area contributed by atoms with Crippen LogP contribution in [0, 0.1) is 0 Å². The van der Waals surface area contributed by atoms with Crippen LogP contribution < -0.4 is 16.0 Å². The average Bonchev–Trinajstić information content (AvgIpc) is 3.06. The lowest BCUT2D eigenvalue weighted by molar-refractivity contribution is -0.114. The monoisotopic (exact) mass is 408 g/mol. The predicted molar refractivity (Wildman–Crippen MR) is 118 cm³/mol. The van der Waals surface area contributed by atoms with Gasteiger partial charge in [-0.25, -0.2) is 0 Å². The van der Waals surface area contributed by atoms with Gasteiger partial charge in [-0.05, 0) is 49.2 Å². The summed E-state index contributed by atoms with van der Waals surface area (Å²) in [7, 11) is 1.57. The molecule has 1 aliphatic rings. The zero-order chi connectivity index (χ0) is 21.3. The van der Waals surface area contributed by atoms with E-state index >= 15 is 0 Å². The molecule has 0 bridgehead atoms. The van der Waals surface area contributed by atoms with Gasteiger partial charge in [-0.15, -0.1) is 0 Å². The van der Waals surface area contributed by atoms with Gasteiger partial charge in [-0.3, -0.25) is 14.4 Å². The Morgan fingerprint density at radius 3 is 2.20 bits per heavy atom. The fraction of sp³-hybridized carbons (Fsp3) is 0.348. The van der Waals surface area contributed by atoms with Gasteiger partial charge in [0.15, 0.2) is 0 Å². The maximum atomic E-state index is 12.8. The van der Waals surface area contributed by atoms with Crippen molar-refractivity contribution in [2.45, 2.75) is 25.7 Å². The number of carbonyl (C=O) groups excluding carboxylic acids is 3. The first-order valence-electron chi connectivity index (χ1n) is 10.3. The summed E-state index contributed by atoms with van der Waals surface area (Å²) in [5.74, 6) is -0.411. The van der Waals surface area contributed by atoms with Gasteiger partial charge in [0.05, 0.1) is 6.54 Å². The quantitative estimate of drug-likeness (QED) is 0.685. The average molecular weight is 409 g/mol. The van der Waals surface area contributed by atoms with Crippen LogP contribution in [-0.4, -0.2) is 49.3 Å². The van der Waals surface area contributed by atoms with Crippen LogP contribution in [-0.2, 0) is 4.79 Å². The van der Waals surface area contributed by atoms with E-state index in [9.17, 15) is 14.4 Å². The lowest BCUT2D eigenvalue weighted by Crippen LogP contribution is -2.31. The molecule has 7 nitrogen and oxygen atoms in total. The highest BCUT2D eigenvalue weighted by Gasteiger charge is 2.17.